The summed E-state index contributed by atoms with van der Waals surface area (Å²) in [5.74, 6) is 0.820. The molecule has 0 aliphatic carbocycles. The molecule has 0 atom stereocenters. The Morgan fingerprint density at radius 1 is 1.40 bits per heavy atom. The monoisotopic (exact) mass is 370 g/mol. The number of fused-ring (bicyclic) bond motifs is 3. The van der Waals surface area contributed by atoms with Crippen molar-refractivity contribution >= 4 is 56.7 Å². The van der Waals surface area contributed by atoms with Gasteiger partial charge in [0.1, 0.15) is 17.0 Å². The molecule has 3 heterocycles. The smallest absolute Gasteiger partial charge is 0.142 e. The van der Waals surface area contributed by atoms with Crippen molar-refractivity contribution in [2.24, 2.45) is 0 Å². The lowest BCUT2D eigenvalue weighted by Gasteiger charge is -2.15. The summed E-state index contributed by atoms with van der Waals surface area (Å²) in [5.41, 5.74) is 9.57. The van der Waals surface area contributed by atoms with Crippen LogP contribution in [0.1, 0.15) is 16.0 Å². The molecule has 2 aromatic heterocycles. The van der Waals surface area contributed by atoms with E-state index in [1.54, 1.807) is 29.4 Å². The van der Waals surface area contributed by atoms with Crippen LogP contribution in [0.4, 0.5) is 17.2 Å². The van der Waals surface area contributed by atoms with Crippen LogP contribution < -0.4 is 16.4 Å². The van der Waals surface area contributed by atoms with Gasteiger partial charge in [-0.15, -0.1) is 23.1 Å². The average molecular weight is 371 g/mol. The van der Waals surface area contributed by atoms with Crippen molar-refractivity contribution in [3.63, 3.8) is 0 Å². The van der Waals surface area contributed by atoms with Crippen LogP contribution in [0, 0.1) is 5.41 Å². The number of thioether (sulfide) groups is 1. The highest BCUT2D eigenvalue weighted by Gasteiger charge is 2.20. The van der Waals surface area contributed by atoms with Crippen LogP contribution in [0.15, 0.2) is 23.4 Å². The van der Waals surface area contributed by atoms with E-state index in [1.165, 1.54) is 16.7 Å². The minimum Gasteiger partial charge on any atom is -0.398 e. The molecule has 8 heteroatoms. The fourth-order valence-electron chi connectivity index (χ4n) is 3.09. The molecule has 4 rings (SSSR count). The molecule has 1 aliphatic rings. The first-order valence-electron chi connectivity index (χ1n) is 7.92. The SMILES string of the molecule is CSc1cc(N)c(C=N)cc1Nc1ncnc2sc3c(c12)CCNC3. The zero-order valence-electron chi connectivity index (χ0n) is 13.7. The molecule has 1 aliphatic heterocycles. The summed E-state index contributed by atoms with van der Waals surface area (Å²) in [6.45, 7) is 1.87. The lowest BCUT2D eigenvalue weighted by molar-refractivity contribution is 0.657. The zero-order chi connectivity index (χ0) is 17.4. The lowest BCUT2D eigenvalue weighted by atomic mass is 10.1. The number of nitrogens with two attached hydrogens (primary N) is 1. The minimum atomic E-state index is 0.608. The number of aromatic nitrogens is 2. The molecule has 6 nitrogen and oxygen atoms in total. The molecule has 0 unspecified atom stereocenters. The van der Waals surface area contributed by atoms with Gasteiger partial charge in [-0.2, -0.15) is 0 Å². The van der Waals surface area contributed by atoms with Crippen LogP contribution in [0.2, 0.25) is 0 Å². The Bertz CT molecular complexity index is 965. The maximum absolute atomic E-state index is 7.55. The Balaban J connectivity index is 1.84. The van der Waals surface area contributed by atoms with Gasteiger partial charge >= 0.3 is 0 Å². The molecule has 0 amide bonds. The fraction of sp³-hybridized carbons (Fsp3) is 0.235. The van der Waals surface area contributed by atoms with Gasteiger partial charge in [-0.3, -0.25) is 0 Å². The standard InChI is InChI=1S/C17H18N6S2/c1-24-13-5-11(19)9(6-18)4-12(13)23-16-15-10-2-3-20-7-14(10)25-17(15)22-8-21-16/h4-6,8,18,20H,2-3,7,19H2,1H3,(H,21,22,23). The number of nitrogens with one attached hydrogen (secondary N) is 3. The van der Waals surface area contributed by atoms with Gasteiger partial charge in [0.05, 0.1) is 11.1 Å². The molecular weight excluding hydrogens is 352 g/mol. The van der Waals surface area contributed by atoms with E-state index >= 15 is 0 Å². The maximum Gasteiger partial charge on any atom is 0.142 e. The highest BCUT2D eigenvalue weighted by Crippen LogP contribution is 2.38. The summed E-state index contributed by atoms with van der Waals surface area (Å²) < 4.78 is 0. The molecule has 5 N–H and O–H groups in total. The third kappa shape index (κ3) is 2.86. The second kappa shape index (κ2) is 6.62. The summed E-state index contributed by atoms with van der Waals surface area (Å²) in [4.78, 5) is 12.3. The Kier molecular flexibility index (Phi) is 4.32. The molecule has 128 valence electrons. The molecule has 25 heavy (non-hydrogen) atoms. The molecular formula is C17H18N6S2. The number of benzene rings is 1. The topological polar surface area (TPSA) is 99.7 Å². The van der Waals surface area contributed by atoms with Crippen LogP contribution in [-0.2, 0) is 13.0 Å². The van der Waals surface area contributed by atoms with Crippen molar-refractivity contribution in [3.05, 3.63) is 34.5 Å². The molecule has 3 aromatic rings. The molecule has 1 aromatic carbocycles. The summed E-state index contributed by atoms with van der Waals surface area (Å²) in [5, 5.41) is 15.5. The van der Waals surface area contributed by atoms with Crippen LogP contribution in [0.3, 0.4) is 0 Å². The van der Waals surface area contributed by atoms with Gasteiger partial charge in [0.25, 0.3) is 0 Å². The predicted octanol–water partition coefficient (Wildman–Crippen LogP) is 3.38. The third-order valence-corrected chi connectivity index (χ3v) is 6.24. The van der Waals surface area contributed by atoms with Crippen molar-refractivity contribution in [1.82, 2.24) is 15.3 Å². The Hall–Kier alpha value is -2.16. The van der Waals surface area contributed by atoms with Crippen molar-refractivity contribution in [1.29, 1.82) is 5.41 Å². The first kappa shape index (κ1) is 16.3. The second-order valence-corrected chi connectivity index (χ2v) is 7.72. The van der Waals surface area contributed by atoms with E-state index in [0.717, 1.165) is 46.1 Å². The van der Waals surface area contributed by atoms with Crippen molar-refractivity contribution < 1.29 is 0 Å². The number of thiophene rings is 1. The zero-order valence-corrected chi connectivity index (χ0v) is 15.4. The Labute approximate surface area is 153 Å². The van der Waals surface area contributed by atoms with E-state index in [9.17, 15) is 0 Å². The second-order valence-electron chi connectivity index (χ2n) is 5.78. The van der Waals surface area contributed by atoms with Gasteiger partial charge < -0.3 is 21.8 Å². The summed E-state index contributed by atoms with van der Waals surface area (Å²) in [7, 11) is 0. The van der Waals surface area contributed by atoms with Crippen molar-refractivity contribution in [2.45, 2.75) is 17.9 Å². The highest BCUT2D eigenvalue weighted by atomic mass is 32.2. The van der Waals surface area contributed by atoms with Gasteiger partial charge in [0.2, 0.25) is 0 Å². The maximum atomic E-state index is 7.55. The van der Waals surface area contributed by atoms with E-state index in [2.05, 4.69) is 20.6 Å². The van der Waals surface area contributed by atoms with Gasteiger partial charge in [-0.1, -0.05) is 0 Å². The number of nitrogens with zero attached hydrogens (tertiary/aromatic N) is 2. The minimum absolute atomic E-state index is 0.608. The van der Waals surface area contributed by atoms with Crippen LogP contribution in [0.25, 0.3) is 10.2 Å². The average Bonchev–Trinajstić information content (AvgIpc) is 3.02. The Morgan fingerprint density at radius 3 is 3.08 bits per heavy atom. The number of hydrogen-bond donors (Lipinski definition) is 4. The molecule has 0 fully saturated rings. The number of anilines is 3. The van der Waals surface area contributed by atoms with E-state index < -0.39 is 0 Å². The molecule has 0 spiro atoms. The van der Waals surface area contributed by atoms with Crippen molar-refractivity contribution in [2.75, 3.05) is 23.9 Å². The molecule has 0 saturated carbocycles. The summed E-state index contributed by atoms with van der Waals surface area (Å²) >= 11 is 3.35. The quantitative estimate of drug-likeness (QED) is 0.319. The summed E-state index contributed by atoms with van der Waals surface area (Å²) in [6, 6.07) is 3.81. The van der Waals surface area contributed by atoms with Gasteiger partial charge in [-0.05, 0) is 36.9 Å². The normalized spacial score (nSPS) is 13.6. The van der Waals surface area contributed by atoms with Crippen molar-refractivity contribution in [3.8, 4) is 0 Å². The van der Waals surface area contributed by atoms with Crippen LogP contribution >= 0.6 is 23.1 Å². The molecule has 0 saturated heterocycles. The predicted molar refractivity (Wildman–Crippen MR) is 107 cm³/mol. The number of rotatable bonds is 4. The van der Waals surface area contributed by atoms with Crippen LogP contribution in [0.5, 0.6) is 0 Å². The van der Waals surface area contributed by atoms with Gasteiger partial charge in [-0.25, -0.2) is 9.97 Å². The molecule has 0 radical (unpaired) electrons. The largest absolute Gasteiger partial charge is 0.398 e. The number of hydrogen-bond acceptors (Lipinski definition) is 8. The van der Waals surface area contributed by atoms with Gasteiger partial charge in [0, 0.05) is 33.8 Å². The van der Waals surface area contributed by atoms with E-state index in [-0.39, 0.29) is 0 Å². The van der Waals surface area contributed by atoms with E-state index in [0.29, 0.717) is 11.3 Å². The van der Waals surface area contributed by atoms with Crippen LogP contribution in [-0.4, -0.2) is 29.0 Å². The summed E-state index contributed by atoms with van der Waals surface area (Å²) in [6.07, 6.45) is 5.88. The first-order valence-corrected chi connectivity index (χ1v) is 9.96. The molecule has 0 bridgehead atoms. The fourth-order valence-corrected chi connectivity index (χ4v) is 4.82. The first-order chi connectivity index (χ1) is 12.2. The van der Waals surface area contributed by atoms with E-state index in [1.807, 2.05) is 18.4 Å². The highest BCUT2D eigenvalue weighted by molar-refractivity contribution is 7.98. The van der Waals surface area contributed by atoms with Gasteiger partial charge in [0.15, 0.2) is 0 Å². The lowest BCUT2D eigenvalue weighted by Crippen LogP contribution is -2.22. The van der Waals surface area contributed by atoms with E-state index in [4.69, 9.17) is 11.1 Å². The number of nitrogen functional groups attached to an aromatic ring is 1. The Morgan fingerprint density at radius 2 is 2.28 bits per heavy atom. The third-order valence-electron chi connectivity index (χ3n) is 4.32.